The maximum absolute atomic E-state index is 4.43. The SMILES string of the molecule is Cc1cc2c(nn1)C1=CCC(C)C=C1CCC2. The summed E-state index contributed by atoms with van der Waals surface area (Å²) in [6, 6.07) is 2.20. The Hall–Kier alpha value is -1.44. The van der Waals surface area contributed by atoms with Gasteiger partial charge in [0.1, 0.15) is 0 Å². The van der Waals surface area contributed by atoms with Gasteiger partial charge in [0.25, 0.3) is 0 Å². The molecular weight excluding hydrogens is 208 g/mol. The molecule has 0 saturated heterocycles. The van der Waals surface area contributed by atoms with Crippen molar-refractivity contribution in [3.63, 3.8) is 0 Å². The van der Waals surface area contributed by atoms with E-state index < -0.39 is 0 Å². The van der Waals surface area contributed by atoms with Crippen LogP contribution in [0.15, 0.2) is 23.8 Å². The third kappa shape index (κ3) is 1.92. The first kappa shape index (κ1) is 10.7. The summed E-state index contributed by atoms with van der Waals surface area (Å²) < 4.78 is 0. The minimum atomic E-state index is 0.675. The van der Waals surface area contributed by atoms with Crippen LogP contribution >= 0.6 is 0 Å². The molecule has 2 aliphatic rings. The van der Waals surface area contributed by atoms with Crippen molar-refractivity contribution >= 4 is 5.57 Å². The number of hydrogen-bond donors (Lipinski definition) is 0. The molecule has 2 aliphatic carbocycles. The van der Waals surface area contributed by atoms with Gasteiger partial charge >= 0.3 is 0 Å². The Morgan fingerprint density at radius 2 is 2.12 bits per heavy atom. The summed E-state index contributed by atoms with van der Waals surface area (Å²) in [6.45, 7) is 4.30. The maximum atomic E-state index is 4.43. The number of aryl methyl sites for hydroxylation is 2. The lowest BCUT2D eigenvalue weighted by Gasteiger charge is -2.18. The zero-order valence-electron chi connectivity index (χ0n) is 10.5. The highest BCUT2D eigenvalue weighted by Crippen LogP contribution is 2.36. The lowest BCUT2D eigenvalue weighted by atomic mass is 9.88. The Morgan fingerprint density at radius 3 is 3.00 bits per heavy atom. The summed E-state index contributed by atoms with van der Waals surface area (Å²) in [7, 11) is 0. The van der Waals surface area contributed by atoms with Crippen LogP contribution in [0.4, 0.5) is 0 Å². The van der Waals surface area contributed by atoms with Crippen LogP contribution < -0.4 is 0 Å². The Morgan fingerprint density at radius 1 is 1.24 bits per heavy atom. The molecule has 0 radical (unpaired) electrons. The standard InChI is InChI=1S/C15H18N2/c1-10-6-7-14-12(8-10)4-3-5-13-9-11(2)16-17-15(13)14/h7-10H,3-6H2,1-2H3. The van der Waals surface area contributed by atoms with Gasteiger partial charge in [-0.25, -0.2) is 0 Å². The molecule has 1 atom stereocenters. The van der Waals surface area contributed by atoms with E-state index in [4.69, 9.17) is 0 Å². The number of rotatable bonds is 0. The van der Waals surface area contributed by atoms with Crippen molar-refractivity contribution in [2.45, 2.75) is 39.5 Å². The lowest BCUT2D eigenvalue weighted by Crippen LogP contribution is -2.04. The van der Waals surface area contributed by atoms with Gasteiger partial charge in [-0.3, -0.25) is 0 Å². The summed E-state index contributed by atoms with van der Waals surface area (Å²) in [6.07, 6.45) is 9.46. The molecule has 1 aromatic heterocycles. The molecule has 0 saturated carbocycles. The van der Waals surface area contributed by atoms with Gasteiger partial charge in [-0.1, -0.05) is 19.1 Å². The fourth-order valence-electron chi connectivity index (χ4n) is 2.83. The highest BCUT2D eigenvalue weighted by Gasteiger charge is 2.21. The van der Waals surface area contributed by atoms with E-state index in [9.17, 15) is 0 Å². The number of aromatic nitrogens is 2. The fraction of sp³-hybridized carbons (Fsp3) is 0.467. The molecule has 0 bridgehead atoms. The maximum Gasteiger partial charge on any atom is 0.0961 e. The van der Waals surface area contributed by atoms with Crippen molar-refractivity contribution in [1.29, 1.82) is 0 Å². The molecule has 17 heavy (non-hydrogen) atoms. The molecule has 1 aromatic rings. The number of hydrogen-bond acceptors (Lipinski definition) is 2. The Bertz CT molecular complexity index is 512. The van der Waals surface area contributed by atoms with Crippen molar-refractivity contribution < 1.29 is 0 Å². The first-order valence-corrected chi connectivity index (χ1v) is 6.49. The van der Waals surface area contributed by atoms with Crippen LogP contribution in [-0.4, -0.2) is 10.2 Å². The quantitative estimate of drug-likeness (QED) is 0.677. The summed E-state index contributed by atoms with van der Waals surface area (Å²) in [4.78, 5) is 0. The summed E-state index contributed by atoms with van der Waals surface area (Å²) in [5.74, 6) is 0.675. The van der Waals surface area contributed by atoms with E-state index in [2.05, 4.69) is 35.3 Å². The summed E-state index contributed by atoms with van der Waals surface area (Å²) in [5, 5.41) is 8.66. The van der Waals surface area contributed by atoms with E-state index in [1.54, 1.807) is 0 Å². The van der Waals surface area contributed by atoms with Crippen LogP contribution in [0.1, 0.15) is 43.1 Å². The molecule has 2 heteroatoms. The first-order valence-electron chi connectivity index (χ1n) is 6.49. The molecule has 1 unspecified atom stereocenters. The third-order valence-corrected chi connectivity index (χ3v) is 3.67. The minimum absolute atomic E-state index is 0.675. The van der Waals surface area contributed by atoms with Gasteiger partial charge in [-0.15, -0.1) is 5.10 Å². The highest BCUT2D eigenvalue weighted by atomic mass is 15.1. The zero-order valence-corrected chi connectivity index (χ0v) is 10.5. The monoisotopic (exact) mass is 226 g/mol. The number of allylic oxidation sites excluding steroid dienone is 4. The van der Waals surface area contributed by atoms with Crippen molar-refractivity contribution in [2.75, 3.05) is 0 Å². The van der Waals surface area contributed by atoms with E-state index in [1.165, 1.54) is 29.6 Å². The molecule has 88 valence electrons. The van der Waals surface area contributed by atoms with Crippen molar-refractivity contribution in [1.82, 2.24) is 10.2 Å². The number of fused-ring (bicyclic) bond motifs is 3. The molecule has 0 N–H and O–H groups in total. The van der Waals surface area contributed by atoms with Crippen molar-refractivity contribution in [3.8, 4) is 0 Å². The van der Waals surface area contributed by atoms with Crippen LogP contribution in [-0.2, 0) is 6.42 Å². The van der Waals surface area contributed by atoms with E-state index >= 15 is 0 Å². The van der Waals surface area contributed by atoms with Gasteiger partial charge in [-0.05, 0) is 55.7 Å². The van der Waals surface area contributed by atoms with Gasteiger partial charge < -0.3 is 0 Å². The molecule has 2 nitrogen and oxygen atoms in total. The zero-order chi connectivity index (χ0) is 11.8. The van der Waals surface area contributed by atoms with Crippen molar-refractivity contribution in [3.05, 3.63) is 40.7 Å². The normalized spacial score (nSPS) is 23.1. The van der Waals surface area contributed by atoms with Gasteiger partial charge in [-0.2, -0.15) is 5.10 Å². The van der Waals surface area contributed by atoms with E-state index in [-0.39, 0.29) is 0 Å². The summed E-state index contributed by atoms with van der Waals surface area (Å²) in [5.41, 5.74) is 6.37. The van der Waals surface area contributed by atoms with Crippen LogP contribution in [0.5, 0.6) is 0 Å². The molecule has 3 rings (SSSR count). The third-order valence-electron chi connectivity index (χ3n) is 3.67. The second-order valence-electron chi connectivity index (χ2n) is 5.24. The van der Waals surface area contributed by atoms with Crippen molar-refractivity contribution in [2.24, 2.45) is 5.92 Å². The molecule has 0 amide bonds. The topological polar surface area (TPSA) is 25.8 Å². The van der Waals surface area contributed by atoms with Gasteiger partial charge in [0.15, 0.2) is 0 Å². The number of nitrogens with zero attached hydrogens (tertiary/aromatic N) is 2. The van der Waals surface area contributed by atoms with Crippen LogP contribution in [0.25, 0.3) is 5.57 Å². The molecule has 0 spiro atoms. The smallest absolute Gasteiger partial charge is 0.0961 e. The van der Waals surface area contributed by atoms with Crippen LogP contribution in [0.2, 0.25) is 0 Å². The molecule has 0 fully saturated rings. The largest absolute Gasteiger partial charge is 0.155 e. The van der Waals surface area contributed by atoms with Gasteiger partial charge in [0, 0.05) is 5.57 Å². The first-order chi connectivity index (χ1) is 8.24. The van der Waals surface area contributed by atoms with Crippen LogP contribution in [0.3, 0.4) is 0 Å². The minimum Gasteiger partial charge on any atom is -0.155 e. The molecule has 0 aliphatic heterocycles. The Kier molecular flexibility index (Phi) is 2.58. The highest BCUT2D eigenvalue weighted by molar-refractivity contribution is 5.80. The van der Waals surface area contributed by atoms with Gasteiger partial charge in [0.05, 0.1) is 11.4 Å². The molecule has 1 heterocycles. The second-order valence-corrected chi connectivity index (χ2v) is 5.24. The average Bonchev–Trinajstić information content (AvgIpc) is 2.47. The van der Waals surface area contributed by atoms with Gasteiger partial charge in [0.2, 0.25) is 0 Å². The predicted octanol–water partition coefficient (Wildman–Crippen LogP) is 3.47. The van der Waals surface area contributed by atoms with E-state index in [1.807, 2.05) is 6.92 Å². The molecule has 0 aromatic carbocycles. The molecular formula is C15H18N2. The Labute approximate surface area is 102 Å². The second kappa shape index (κ2) is 4.10. The predicted molar refractivity (Wildman–Crippen MR) is 69.5 cm³/mol. The summed E-state index contributed by atoms with van der Waals surface area (Å²) >= 11 is 0. The average molecular weight is 226 g/mol. The fourth-order valence-corrected chi connectivity index (χ4v) is 2.83. The van der Waals surface area contributed by atoms with E-state index in [0.29, 0.717) is 5.92 Å². The van der Waals surface area contributed by atoms with Crippen LogP contribution in [0, 0.1) is 12.8 Å². The van der Waals surface area contributed by atoms with E-state index in [0.717, 1.165) is 24.2 Å². The lowest BCUT2D eigenvalue weighted by molar-refractivity contribution is 0.720. The Balaban J connectivity index is 2.12.